The standard InChI is InChI=1S/C24H17Cl2NO4/c1-30-22-12-16(10-19(13-27)17-6-8-20(25)9-7-17)11-21(26)23(22)31-14-15-2-4-18(5-3-15)24(28)29/h2-12H,14H2,1H3,(H,28,29)/b19-10+. The van der Waals surface area contributed by atoms with Crippen molar-refractivity contribution in [3.05, 3.63) is 93.0 Å². The summed E-state index contributed by atoms with van der Waals surface area (Å²) in [6.45, 7) is 0.180. The van der Waals surface area contributed by atoms with Crippen molar-refractivity contribution < 1.29 is 19.4 Å². The zero-order valence-electron chi connectivity index (χ0n) is 16.4. The summed E-state index contributed by atoms with van der Waals surface area (Å²) >= 11 is 12.3. The Hall–Kier alpha value is -3.46. The van der Waals surface area contributed by atoms with Gasteiger partial charge in [0.1, 0.15) is 6.61 Å². The largest absolute Gasteiger partial charge is 0.493 e. The third-order valence-electron chi connectivity index (χ3n) is 4.42. The Morgan fingerprint density at radius 3 is 2.29 bits per heavy atom. The number of benzene rings is 3. The van der Waals surface area contributed by atoms with Gasteiger partial charge in [-0.05, 0) is 59.2 Å². The first-order valence-electron chi connectivity index (χ1n) is 9.11. The molecule has 0 aliphatic heterocycles. The Morgan fingerprint density at radius 1 is 1.06 bits per heavy atom. The third kappa shape index (κ3) is 5.58. The zero-order chi connectivity index (χ0) is 22.4. The first kappa shape index (κ1) is 22.2. The monoisotopic (exact) mass is 453 g/mol. The second-order valence-corrected chi connectivity index (χ2v) is 7.35. The number of carboxylic acids is 1. The molecule has 3 rings (SSSR count). The van der Waals surface area contributed by atoms with Gasteiger partial charge in [0.05, 0.1) is 29.3 Å². The van der Waals surface area contributed by atoms with Crippen LogP contribution in [-0.4, -0.2) is 18.2 Å². The highest BCUT2D eigenvalue weighted by Gasteiger charge is 2.13. The number of methoxy groups -OCH3 is 1. The summed E-state index contributed by atoms with van der Waals surface area (Å²) < 4.78 is 11.3. The molecular formula is C24H17Cl2NO4. The molecule has 5 nitrogen and oxygen atoms in total. The fourth-order valence-corrected chi connectivity index (χ4v) is 3.24. The van der Waals surface area contributed by atoms with Crippen LogP contribution in [0.5, 0.6) is 11.5 Å². The van der Waals surface area contributed by atoms with E-state index in [0.29, 0.717) is 32.7 Å². The molecule has 0 aromatic heterocycles. The van der Waals surface area contributed by atoms with Crippen LogP contribution in [0, 0.1) is 11.3 Å². The van der Waals surface area contributed by atoms with Crippen molar-refractivity contribution in [2.24, 2.45) is 0 Å². The van der Waals surface area contributed by atoms with Gasteiger partial charge in [0.25, 0.3) is 0 Å². The molecule has 0 aliphatic rings. The number of nitriles is 1. The molecule has 0 unspecified atom stereocenters. The minimum absolute atomic E-state index is 0.180. The normalized spacial score (nSPS) is 11.0. The van der Waals surface area contributed by atoms with Gasteiger partial charge in [-0.2, -0.15) is 5.26 Å². The molecule has 0 radical (unpaired) electrons. The highest BCUT2D eigenvalue weighted by Crippen LogP contribution is 2.38. The van der Waals surface area contributed by atoms with Gasteiger partial charge in [0.2, 0.25) is 0 Å². The van der Waals surface area contributed by atoms with Crippen LogP contribution < -0.4 is 9.47 Å². The average Bonchev–Trinajstić information content (AvgIpc) is 2.77. The zero-order valence-corrected chi connectivity index (χ0v) is 17.9. The third-order valence-corrected chi connectivity index (χ3v) is 4.96. The lowest BCUT2D eigenvalue weighted by atomic mass is 10.0. The van der Waals surface area contributed by atoms with Gasteiger partial charge in [-0.1, -0.05) is 47.5 Å². The van der Waals surface area contributed by atoms with Crippen LogP contribution in [0.25, 0.3) is 11.6 Å². The molecule has 0 bridgehead atoms. The Bertz CT molecular complexity index is 1160. The summed E-state index contributed by atoms with van der Waals surface area (Å²) in [7, 11) is 1.50. The molecule has 0 spiro atoms. The molecule has 0 saturated heterocycles. The van der Waals surface area contributed by atoms with Crippen LogP contribution in [-0.2, 0) is 6.61 Å². The first-order valence-corrected chi connectivity index (χ1v) is 9.87. The summed E-state index contributed by atoms with van der Waals surface area (Å²) in [6.07, 6.45) is 1.70. The summed E-state index contributed by atoms with van der Waals surface area (Å²) in [5.74, 6) is -0.223. The van der Waals surface area contributed by atoms with E-state index >= 15 is 0 Å². The number of rotatable bonds is 7. The molecule has 0 atom stereocenters. The molecule has 0 amide bonds. The van der Waals surface area contributed by atoms with Crippen LogP contribution in [0.4, 0.5) is 0 Å². The van der Waals surface area contributed by atoms with E-state index in [1.54, 1.807) is 54.6 Å². The summed E-state index contributed by atoms with van der Waals surface area (Å²) in [6, 6.07) is 18.9. The second kappa shape index (κ2) is 10.0. The van der Waals surface area contributed by atoms with Crippen LogP contribution in [0.2, 0.25) is 10.0 Å². The van der Waals surface area contributed by atoms with E-state index in [4.69, 9.17) is 37.8 Å². The SMILES string of the molecule is COc1cc(/C=C(\C#N)c2ccc(Cl)cc2)cc(Cl)c1OCc1ccc(C(=O)O)cc1. The van der Waals surface area contributed by atoms with Gasteiger partial charge in [-0.3, -0.25) is 0 Å². The lowest BCUT2D eigenvalue weighted by Gasteiger charge is -2.14. The summed E-state index contributed by atoms with van der Waals surface area (Å²) in [5.41, 5.74) is 2.83. The smallest absolute Gasteiger partial charge is 0.335 e. The van der Waals surface area contributed by atoms with Gasteiger partial charge in [-0.25, -0.2) is 4.79 Å². The maximum Gasteiger partial charge on any atom is 0.335 e. The minimum atomic E-state index is -0.990. The van der Waals surface area contributed by atoms with Crippen LogP contribution in [0.3, 0.4) is 0 Å². The van der Waals surface area contributed by atoms with Gasteiger partial charge in [0.15, 0.2) is 11.5 Å². The number of aromatic carboxylic acids is 1. The quantitative estimate of drug-likeness (QED) is 0.333. The Labute approximate surface area is 189 Å². The molecule has 0 saturated carbocycles. The maximum absolute atomic E-state index is 11.0. The molecule has 0 aliphatic carbocycles. The van der Waals surface area contributed by atoms with E-state index in [2.05, 4.69) is 6.07 Å². The summed E-state index contributed by atoms with van der Waals surface area (Å²) in [4.78, 5) is 11.0. The molecule has 31 heavy (non-hydrogen) atoms. The van der Waals surface area contributed by atoms with Gasteiger partial charge in [-0.15, -0.1) is 0 Å². The second-order valence-electron chi connectivity index (χ2n) is 6.50. The fraction of sp³-hybridized carbons (Fsp3) is 0.0833. The molecule has 3 aromatic carbocycles. The van der Waals surface area contributed by atoms with Crippen molar-refractivity contribution in [3.8, 4) is 17.6 Å². The van der Waals surface area contributed by atoms with Gasteiger partial charge < -0.3 is 14.6 Å². The topological polar surface area (TPSA) is 79.5 Å². The van der Waals surface area contributed by atoms with Gasteiger partial charge >= 0.3 is 5.97 Å². The Kier molecular flexibility index (Phi) is 7.19. The van der Waals surface area contributed by atoms with Crippen molar-refractivity contribution >= 4 is 40.8 Å². The predicted octanol–water partition coefficient (Wildman–Crippen LogP) is 6.34. The Balaban J connectivity index is 1.84. The molecule has 0 heterocycles. The van der Waals surface area contributed by atoms with Crippen molar-refractivity contribution in [1.29, 1.82) is 5.26 Å². The van der Waals surface area contributed by atoms with Crippen molar-refractivity contribution in [1.82, 2.24) is 0 Å². The number of carbonyl (C=O) groups is 1. The number of hydrogen-bond donors (Lipinski definition) is 1. The number of halogens is 2. The van der Waals surface area contributed by atoms with E-state index in [1.165, 1.54) is 19.2 Å². The van der Waals surface area contributed by atoms with E-state index < -0.39 is 5.97 Å². The van der Waals surface area contributed by atoms with Crippen LogP contribution in [0.15, 0.2) is 60.7 Å². The molecular weight excluding hydrogens is 437 g/mol. The summed E-state index contributed by atoms with van der Waals surface area (Å²) in [5, 5.41) is 19.4. The van der Waals surface area contributed by atoms with E-state index in [-0.39, 0.29) is 12.2 Å². The highest BCUT2D eigenvalue weighted by molar-refractivity contribution is 6.32. The minimum Gasteiger partial charge on any atom is -0.493 e. The van der Waals surface area contributed by atoms with Crippen molar-refractivity contribution in [3.63, 3.8) is 0 Å². The molecule has 0 fully saturated rings. The number of carboxylic acid groups (broad SMARTS) is 1. The van der Waals surface area contributed by atoms with Crippen molar-refractivity contribution in [2.75, 3.05) is 7.11 Å². The van der Waals surface area contributed by atoms with E-state index in [0.717, 1.165) is 11.1 Å². The maximum atomic E-state index is 11.0. The van der Waals surface area contributed by atoms with E-state index in [1.807, 2.05) is 0 Å². The van der Waals surface area contributed by atoms with E-state index in [9.17, 15) is 10.1 Å². The highest BCUT2D eigenvalue weighted by atomic mass is 35.5. The van der Waals surface area contributed by atoms with Crippen LogP contribution in [0.1, 0.15) is 27.0 Å². The van der Waals surface area contributed by atoms with Gasteiger partial charge in [0, 0.05) is 5.02 Å². The molecule has 156 valence electrons. The lowest BCUT2D eigenvalue weighted by Crippen LogP contribution is -2.00. The number of hydrogen-bond acceptors (Lipinski definition) is 4. The number of nitrogens with zero attached hydrogens (tertiary/aromatic N) is 1. The lowest BCUT2D eigenvalue weighted by molar-refractivity contribution is 0.0697. The molecule has 3 aromatic rings. The average molecular weight is 454 g/mol. The Morgan fingerprint density at radius 2 is 1.71 bits per heavy atom. The fourth-order valence-electron chi connectivity index (χ4n) is 2.84. The van der Waals surface area contributed by atoms with Crippen molar-refractivity contribution in [2.45, 2.75) is 6.61 Å². The number of ether oxygens (including phenoxy) is 2. The molecule has 7 heteroatoms. The molecule has 1 N–H and O–H groups in total. The first-order chi connectivity index (χ1) is 14.9. The van der Waals surface area contributed by atoms with Crippen LogP contribution >= 0.6 is 23.2 Å². The number of allylic oxidation sites excluding steroid dienone is 1. The predicted molar refractivity (Wildman–Crippen MR) is 121 cm³/mol.